The molecule has 0 radical (unpaired) electrons. The second-order valence-electron chi connectivity index (χ2n) is 11.1. The number of carbonyl (C=O) groups is 4. The van der Waals surface area contributed by atoms with Gasteiger partial charge in [-0.1, -0.05) is 19.4 Å². The van der Waals surface area contributed by atoms with E-state index in [9.17, 15) is 24.3 Å². The van der Waals surface area contributed by atoms with Gasteiger partial charge in [0.2, 0.25) is 0 Å². The molecule has 1 N–H and O–H groups in total. The van der Waals surface area contributed by atoms with Gasteiger partial charge in [-0.05, 0) is 38.7 Å². The Bertz CT molecular complexity index is 1000. The highest BCUT2D eigenvalue weighted by molar-refractivity contribution is 5.89. The van der Waals surface area contributed by atoms with Crippen LogP contribution in [0.3, 0.4) is 0 Å². The summed E-state index contributed by atoms with van der Waals surface area (Å²) in [7, 11) is 0. The van der Waals surface area contributed by atoms with Crippen molar-refractivity contribution in [1.29, 1.82) is 0 Å². The lowest BCUT2D eigenvalue weighted by Crippen LogP contribution is -2.66. The van der Waals surface area contributed by atoms with Crippen molar-refractivity contribution < 1.29 is 48.0 Å². The molecule has 10 heteroatoms. The lowest BCUT2D eigenvalue weighted by atomic mass is 9.53. The first-order valence-electron chi connectivity index (χ1n) is 12.5. The summed E-state index contributed by atoms with van der Waals surface area (Å²) in [5.74, 6) is -3.47. The van der Waals surface area contributed by atoms with Crippen molar-refractivity contribution in [2.75, 3.05) is 0 Å². The highest BCUT2D eigenvalue weighted by Gasteiger charge is 2.87. The third kappa shape index (κ3) is 3.84. The number of ether oxygens (including phenoxy) is 5. The minimum atomic E-state index is -1.37. The molecule has 0 aromatic carbocycles. The first-order valence-corrected chi connectivity index (χ1v) is 12.5. The Balaban J connectivity index is 1.99. The van der Waals surface area contributed by atoms with Crippen LogP contribution in [0.5, 0.6) is 0 Å². The van der Waals surface area contributed by atoms with Crippen molar-refractivity contribution in [3.05, 3.63) is 11.6 Å². The van der Waals surface area contributed by atoms with Crippen molar-refractivity contribution in [2.24, 2.45) is 17.3 Å². The SMILES string of the molecule is CC(=O)O[C@H]1CC/C(C)=C/[C@@H]2OC(=O)[C@]3(C)O[C@@]23[C@@H](OC(C)=O)[C@H]2[C@@H](C)[C@@H](O)C[C@H](OC(C)=O)[C@@]21C. The first kappa shape index (κ1) is 26.6. The van der Waals surface area contributed by atoms with Crippen LogP contribution in [-0.4, -0.2) is 70.7 Å². The number of aliphatic hydroxyl groups is 1. The van der Waals surface area contributed by atoms with Crippen molar-refractivity contribution in [3.63, 3.8) is 0 Å². The predicted octanol–water partition coefficient (Wildman–Crippen LogP) is 2.00. The van der Waals surface area contributed by atoms with Crippen LogP contribution in [0, 0.1) is 17.3 Å². The molecular formula is C26H36O10. The first-order chi connectivity index (χ1) is 16.7. The Hall–Kier alpha value is -2.46. The maximum Gasteiger partial charge on any atom is 0.342 e. The number of allylic oxidation sites excluding steroid dienone is 1. The molecule has 0 unspecified atom stereocenters. The van der Waals surface area contributed by atoms with E-state index in [1.807, 2.05) is 20.8 Å². The number of hydrogen-bond acceptors (Lipinski definition) is 10. The van der Waals surface area contributed by atoms with Gasteiger partial charge in [0.1, 0.15) is 18.3 Å². The van der Waals surface area contributed by atoms with E-state index in [1.165, 1.54) is 20.8 Å². The molecule has 0 bridgehead atoms. The highest BCUT2D eigenvalue weighted by atomic mass is 16.7. The summed E-state index contributed by atoms with van der Waals surface area (Å²) in [5.41, 5.74) is -2.95. The van der Waals surface area contributed by atoms with Gasteiger partial charge in [-0.3, -0.25) is 14.4 Å². The molecular weight excluding hydrogens is 472 g/mol. The summed E-state index contributed by atoms with van der Waals surface area (Å²) >= 11 is 0. The average Bonchev–Trinajstić information content (AvgIpc) is 3.34. The van der Waals surface area contributed by atoms with Gasteiger partial charge in [-0.25, -0.2) is 4.79 Å². The van der Waals surface area contributed by atoms with Gasteiger partial charge in [0.05, 0.1) is 6.10 Å². The maximum absolute atomic E-state index is 12.9. The zero-order valence-electron chi connectivity index (χ0n) is 21.9. The van der Waals surface area contributed by atoms with Crippen LogP contribution in [0.4, 0.5) is 0 Å². The summed E-state index contributed by atoms with van der Waals surface area (Å²) in [4.78, 5) is 49.9. The summed E-state index contributed by atoms with van der Waals surface area (Å²) in [5, 5.41) is 11.1. The van der Waals surface area contributed by atoms with E-state index >= 15 is 0 Å². The fraction of sp³-hybridized carbons (Fsp3) is 0.769. The van der Waals surface area contributed by atoms with Gasteiger partial charge in [-0.15, -0.1) is 0 Å². The number of aliphatic hydroxyl groups excluding tert-OH is 1. The summed E-state index contributed by atoms with van der Waals surface area (Å²) in [6.45, 7) is 11.0. The lowest BCUT2D eigenvalue weighted by molar-refractivity contribution is -0.231. The van der Waals surface area contributed by atoms with Crippen molar-refractivity contribution in [1.82, 2.24) is 0 Å². The van der Waals surface area contributed by atoms with Crippen LogP contribution in [0.1, 0.15) is 67.7 Å². The largest absolute Gasteiger partial charge is 0.462 e. The topological polar surface area (TPSA) is 138 Å². The molecule has 0 aromatic rings. The van der Waals surface area contributed by atoms with Crippen LogP contribution < -0.4 is 0 Å². The molecule has 10 nitrogen and oxygen atoms in total. The number of esters is 4. The van der Waals surface area contributed by atoms with Crippen molar-refractivity contribution in [2.45, 2.75) is 109 Å². The standard InChI is InChI=1S/C26H36O10/c1-12-8-9-18(32-14(3)27)24(6)19(33-15(4)28)11-17(30)13(2)21(24)22(34-16(5)29)26-20(10-12)35-23(31)25(26,7)36-26/h10,13,17-22,30H,8-9,11H2,1-7H3/b12-10+/t13-,17-,18-,19-,20-,21+,22-,24-,25-,26+/m0/s1. The second-order valence-corrected chi connectivity index (χ2v) is 11.1. The molecule has 2 aliphatic heterocycles. The van der Waals surface area contributed by atoms with Crippen molar-refractivity contribution in [3.8, 4) is 0 Å². The highest BCUT2D eigenvalue weighted by Crippen LogP contribution is 2.65. The lowest BCUT2D eigenvalue weighted by Gasteiger charge is -2.56. The molecule has 4 rings (SSSR count). The molecule has 36 heavy (non-hydrogen) atoms. The smallest absolute Gasteiger partial charge is 0.342 e. The second kappa shape index (κ2) is 8.83. The van der Waals surface area contributed by atoms with Crippen LogP contribution in [0.25, 0.3) is 0 Å². The monoisotopic (exact) mass is 508 g/mol. The van der Waals surface area contributed by atoms with Gasteiger partial charge in [0.15, 0.2) is 17.3 Å². The van der Waals surface area contributed by atoms with Gasteiger partial charge < -0.3 is 28.8 Å². The van der Waals surface area contributed by atoms with Crippen LogP contribution in [-0.2, 0) is 42.9 Å². The van der Waals surface area contributed by atoms with E-state index in [1.54, 1.807) is 13.0 Å². The van der Waals surface area contributed by atoms with E-state index in [0.717, 1.165) is 5.57 Å². The number of hydrogen-bond donors (Lipinski definition) is 1. The molecule has 2 heterocycles. The zero-order chi connectivity index (χ0) is 26.8. The third-order valence-corrected chi connectivity index (χ3v) is 8.75. The van der Waals surface area contributed by atoms with Gasteiger partial charge in [0.25, 0.3) is 0 Å². The van der Waals surface area contributed by atoms with E-state index < -0.39 is 82.8 Å². The van der Waals surface area contributed by atoms with E-state index in [0.29, 0.717) is 12.8 Å². The molecule has 1 saturated carbocycles. The Morgan fingerprint density at radius 2 is 1.61 bits per heavy atom. The molecule has 10 atom stereocenters. The number of rotatable bonds is 3. The van der Waals surface area contributed by atoms with E-state index in [-0.39, 0.29) is 6.42 Å². The Kier molecular flexibility index (Phi) is 6.53. The molecule has 200 valence electrons. The molecule has 2 aliphatic carbocycles. The van der Waals surface area contributed by atoms with Gasteiger partial charge in [0, 0.05) is 38.5 Å². The zero-order valence-corrected chi connectivity index (χ0v) is 21.9. The minimum absolute atomic E-state index is 0.108. The molecule has 0 amide bonds. The third-order valence-electron chi connectivity index (χ3n) is 8.75. The molecule has 1 spiro atoms. The van der Waals surface area contributed by atoms with Crippen LogP contribution in [0.15, 0.2) is 11.6 Å². The molecule has 2 saturated heterocycles. The number of fused-ring (bicyclic) bond motifs is 1. The fourth-order valence-corrected chi connectivity index (χ4v) is 6.92. The Morgan fingerprint density at radius 3 is 2.17 bits per heavy atom. The average molecular weight is 509 g/mol. The Labute approximate surface area is 210 Å². The molecule has 0 aromatic heterocycles. The summed E-state index contributed by atoms with van der Waals surface area (Å²) in [6.07, 6.45) is -1.66. The molecule has 4 aliphatic rings. The van der Waals surface area contributed by atoms with E-state index in [4.69, 9.17) is 23.7 Å². The van der Waals surface area contributed by atoms with Crippen LogP contribution in [0.2, 0.25) is 0 Å². The predicted molar refractivity (Wildman–Crippen MR) is 123 cm³/mol. The van der Waals surface area contributed by atoms with Gasteiger partial charge in [-0.2, -0.15) is 0 Å². The normalized spacial score (nSPS) is 47.1. The molecule has 3 fully saturated rings. The maximum atomic E-state index is 12.9. The Morgan fingerprint density at radius 1 is 1.03 bits per heavy atom. The van der Waals surface area contributed by atoms with Crippen LogP contribution >= 0.6 is 0 Å². The number of carbonyl (C=O) groups excluding carboxylic acids is 4. The fourth-order valence-electron chi connectivity index (χ4n) is 6.92. The minimum Gasteiger partial charge on any atom is -0.462 e. The van der Waals surface area contributed by atoms with Crippen molar-refractivity contribution >= 4 is 23.9 Å². The number of epoxide rings is 1. The quantitative estimate of drug-likeness (QED) is 0.261. The van der Waals surface area contributed by atoms with E-state index in [2.05, 4.69) is 0 Å². The summed E-state index contributed by atoms with van der Waals surface area (Å²) < 4.78 is 29.5. The summed E-state index contributed by atoms with van der Waals surface area (Å²) in [6, 6.07) is 0. The van der Waals surface area contributed by atoms with Gasteiger partial charge >= 0.3 is 23.9 Å².